The number of hydrogen-bond acceptors (Lipinski definition) is 3. The summed E-state index contributed by atoms with van der Waals surface area (Å²) in [4.78, 5) is 6.47. The van der Waals surface area contributed by atoms with E-state index in [1.165, 1.54) is 5.56 Å². The van der Waals surface area contributed by atoms with E-state index >= 15 is 0 Å². The standard InChI is InChI=1S/C16H20BrN3/c1-12(18)16(14-6-4-8-19-10-14)20(2)11-13-5-3-7-15(17)9-13/h3-10,12,16H,11,18H2,1-2H3. The van der Waals surface area contributed by atoms with Crippen molar-refractivity contribution in [1.29, 1.82) is 0 Å². The van der Waals surface area contributed by atoms with E-state index in [1.54, 1.807) is 6.20 Å². The predicted octanol–water partition coefficient (Wildman–Crippen LogP) is 3.36. The maximum atomic E-state index is 6.17. The molecule has 2 N–H and O–H groups in total. The van der Waals surface area contributed by atoms with E-state index < -0.39 is 0 Å². The van der Waals surface area contributed by atoms with Gasteiger partial charge in [0, 0.05) is 29.5 Å². The second-order valence-corrected chi connectivity index (χ2v) is 6.05. The van der Waals surface area contributed by atoms with Gasteiger partial charge in [-0.25, -0.2) is 0 Å². The Hall–Kier alpha value is -1.23. The van der Waals surface area contributed by atoms with Crippen molar-refractivity contribution in [2.24, 2.45) is 5.73 Å². The smallest absolute Gasteiger partial charge is 0.0512 e. The van der Waals surface area contributed by atoms with Gasteiger partial charge in [0.2, 0.25) is 0 Å². The Balaban J connectivity index is 2.18. The fraction of sp³-hybridized carbons (Fsp3) is 0.312. The van der Waals surface area contributed by atoms with Crippen LogP contribution >= 0.6 is 15.9 Å². The van der Waals surface area contributed by atoms with E-state index in [2.05, 4.69) is 57.1 Å². The lowest BCUT2D eigenvalue weighted by Crippen LogP contribution is -2.37. The van der Waals surface area contributed by atoms with Crippen LogP contribution in [-0.4, -0.2) is 23.0 Å². The lowest BCUT2D eigenvalue weighted by molar-refractivity contribution is 0.210. The lowest BCUT2D eigenvalue weighted by Gasteiger charge is -2.31. The van der Waals surface area contributed by atoms with Crippen LogP contribution in [0.5, 0.6) is 0 Å². The first-order valence-corrected chi connectivity index (χ1v) is 7.47. The van der Waals surface area contributed by atoms with Gasteiger partial charge in [-0.1, -0.05) is 34.1 Å². The van der Waals surface area contributed by atoms with E-state index in [0.717, 1.165) is 16.6 Å². The molecule has 0 fully saturated rings. The topological polar surface area (TPSA) is 42.1 Å². The number of rotatable bonds is 5. The third-order valence-corrected chi connectivity index (χ3v) is 3.81. The lowest BCUT2D eigenvalue weighted by atomic mass is 10.0. The Morgan fingerprint density at radius 3 is 2.70 bits per heavy atom. The molecule has 1 heterocycles. The van der Waals surface area contributed by atoms with Crippen LogP contribution in [0.1, 0.15) is 24.1 Å². The Morgan fingerprint density at radius 1 is 1.30 bits per heavy atom. The quantitative estimate of drug-likeness (QED) is 0.912. The zero-order chi connectivity index (χ0) is 14.5. The van der Waals surface area contributed by atoms with Gasteiger partial charge in [0.25, 0.3) is 0 Å². The Bertz CT molecular complexity index is 542. The Morgan fingerprint density at radius 2 is 2.10 bits per heavy atom. The molecule has 2 unspecified atom stereocenters. The summed E-state index contributed by atoms with van der Waals surface area (Å²) in [6.45, 7) is 2.88. The van der Waals surface area contributed by atoms with Gasteiger partial charge in [-0.3, -0.25) is 9.88 Å². The first-order chi connectivity index (χ1) is 9.58. The van der Waals surface area contributed by atoms with E-state index in [1.807, 2.05) is 25.3 Å². The fourth-order valence-electron chi connectivity index (χ4n) is 2.53. The molecule has 0 aliphatic rings. The molecule has 0 bridgehead atoms. The van der Waals surface area contributed by atoms with Crippen molar-refractivity contribution < 1.29 is 0 Å². The van der Waals surface area contributed by atoms with Gasteiger partial charge in [-0.15, -0.1) is 0 Å². The van der Waals surface area contributed by atoms with Crippen molar-refractivity contribution in [3.63, 3.8) is 0 Å². The molecule has 1 aromatic carbocycles. The number of aromatic nitrogens is 1. The normalized spacial score (nSPS) is 14.2. The molecule has 2 aromatic rings. The molecule has 3 nitrogen and oxygen atoms in total. The van der Waals surface area contributed by atoms with Crippen LogP contribution in [0.4, 0.5) is 0 Å². The van der Waals surface area contributed by atoms with Crippen molar-refractivity contribution in [2.75, 3.05) is 7.05 Å². The van der Waals surface area contributed by atoms with Gasteiger partial charge < -0.3 is 5.73 Å². The van der Waals surface area contributed by atoms with Crippen LogP contribution in [0.25, 0.3) is 0 Å². The van der Waals surface area contributed by atoms with Gasteiger partial charge in [0.05, 0.1) is 6.04 Å². The number of benzene rings is 1. The highest BCUT2D eigenvalue weighted by molar-refractivity contribution is 9.10. The molecule has 0 aliphatic carbocycles. The van der Waals surface area contributed by atoms with Crippen molar-refractivity contribution >= 4 is 15.9 Å². The summed E-state index contributed by atoms with van der Waals surface area (Å²) in [5.41, 5.74) is 8.59. The SMILES string of the molecule is CC(N)C(c1cccnc1)N(C)Cc1cccc(Br)c1. The molecule has 106 valence electrons. The average Bonchev–Trinajstić information content (AvgIpc) is 2.39. The number of hydrogen-bond donors (Lipinski definition) is 1. The summed E-state index contributed by atoms with van der Waals surface area (Å²) >= 11 is 3.51. The number of nitrogens with zero attached hydrogens (tertiary/aromatic N) is 2. The predicted molar refractivity (Wildman–Crippen MR) is 86.2 cm³/mol. The molecule has 1 aromatic heterocycles. The number of likely N-dealkylation sites (N-methyl/N-ethyl adjacent to an activating group) is 1. The van der Waals surface area contributed by atoms with E-state index in [-0.39, 0.29) is 12.1 Å². The van der Waals surface area contributed by atoms with Crippen molar-refractivity contribution in [3.05, 3.63) is 64.4 Å². The van der Waals surface area contributed by atoms with Crippen molar-refractivity contribution in [2.45, 2.75) is 25.6 Å². The van der Waals surface area contributed by atoms with E-state index in [4.69, 9.17) is 5.73 Å². The molecule has 2 rings (SSSR count). The van der Waals surface area contributed by atoms with E-state index in [9.17, 15) is 0 Å². The minimum absolute atomic E-state index is 0.0383. The minimum Gasteiger partial charge on any atom is -0.326 e. The van der Waals surface area contributed by atoms with Gasteiger partial charge >= 0.3 is 0 Å². The molecule has 0 saturated carbocycles. The summed E-state index contributed by atoms with van der Waals surface area (Å²) in [5.74, 6) is 0. The maximum Gasteiger partial charge on any atom is 0.0512 e. The van der Waals surface area contributed by atoms with Crippen LogP contribution in [-0.2, 0) is 6.54 Å². The van der Waals surface area contributed by atoms with Gasteiger partial charge in [-0.05, 0) is 43.3 Å². The zero-order valence-electron chi connectivity index (χ0n) is 11.8. The minimum atomic E-state index is 0.0383. The molecule has 0 radical (unpaired) electrons. The third kappa shape index (κ3) is 3.88. The van der Waals surface area contributed by atoms with Crippen LogP contribution in [0.15, 0.2) is 53.3 Å². The largest absolute Gasteiger partial charge is 0.326 e. The summed E-state index contributed by atoms with van der Waals surface area (Å²) in [7, 11) is 2.10. The summed E-state index contributed by atoms with van der Waals surface area (Å²) in [6, 6.07) is 12.6. The van der Waals surface area contributed by atoms with Crippen molar-refractivity contribution in [1.82, 2.24) is 9.88 Å². The Labute approximate surface area is 129 Å². The van der Waals surface area contributed by atoms with Crippen LogP contribution in [0, 0.1) is 0 Å². The highest BCUT2D eigenvalue weighted by Crippen LogP contribution is 2.24. The third-order valence-electron chi connectivity index (χ3n) is 3.32. The number of nitrogens with two attached hydrogens (primary N) is 1. The zero-order valence-corrected chi connectivity index (χ0v) is 13.4. The fourth-order valence-corrected chi connectivity index (χ4v) is 2.98. The molecule has 4 heteroatoms. The first-order valence-electron chi connectivity index (χ1n) is 6.68. The second-order valence-electron chi connectivity index (χ2n) is 5.14. The van der Waals surface area contributed by atoms with Gasteiger partial charge in [0.15, 0.2) is 0 Å². The Kier molecular flexibility index (Phi) is 5.29. The first kappa shape index (κ1) is 15.2. The van der Waals surface area contributed by atoms with Crippen LogP contribution < -0.4 is 5.73 Å². The second kappa shape index (κ2) is 6.97. The summed E-state index contributed by atoms with van der Waals surface area (Å²) in [5, 5.41) is 0. The monoisotopic (exact) mass is 333 g/mol. The molecule has 2 atom stereocenters. The summed E-state index contributed by atoms with van der Waals surface area (Å²) < 4.78 is 1.10. The molecule has 0 aliphatic heterocycles. The van der Waals surface area contributed by atoms with Crippen LogP contribution in [0.2, 0.25) is 0 Å². The molecule has 0 amide bonds. The van der Waals surface area contributed by atoms with Crippen molar-refractivity contribution in [3.8, 4) is 0 Å². The molecule has 20 heavy (non-hydrogen) atoms. The molecular weight excluding hydrogens is 314 g/mol. The highest BCUT2D eigenvalue weighted by Gasteiger charge is 2.21. The van der Waals surface area contributed by atoms with Gasteiger partial charge in [-0.2, -0.15) is 0 Å². The van der Waals surface area contributed by atoms with Gasteiger partial charge in [0.1, 0.15) is 0 Å². The van der Waals surface area contributed by atoms with E-state index in [0.29, 0.717) is 0 Å². The summed E-state index contributed by atoms with van der Waals surface area (Å²) in [6.07, 6.45) is 3.68. The van der Waals surface area contributed by atoms with Crippen LogP contribution in [0.3, 0.4) is 0 Å². The average molecular weight is 334 g/mol. The molecule has 0 saturated heterocycles. The molecular formula is C16H20BrN3. The number of halogens is 1. The maximum absolute atomic E-state index is 6.17. The highest BCUT2D eigenvalue weighted by atomic mass is 79.9. The molecule has 0 spiro atoms. The number of pyridine rings is 1.